The van der Waals surface area contributed by atoms with Gasteiger partial charge in [-0.25, -0.2) is 4.79 Å². The summed E-state index contributed by atoms with van der Waals surface area (Å²) in [5.74, 6) is 0.728. The van der Waals surface area contributed by atoms with E-state index in [2.05, 4.69) is 20.8 Å². The van der Waals surface area contributed by atoms with E-state index in [9.17, 15) is 9.90 Å². The first-order valence-corrected chi connectivity index (χ1v) is 7.07. The van der Waals surface area contributed by atoms with Crippen molar-refractivity contribution in [3.05, 3.63) is 23.3 Å². The van der Waals surface area contributed by atoms with Crippen molar-refractivity contribution in [1.82, 2.24) is 0 Å². The van der Waals surface area contributed by atoms with E-state index in [1.54, 1.807) is 0 Å². The number of carbonyl (C=O) groups excluding carboxylic acids is 1. The van der Waals surface area contributed by atoms with Crippen molar-refractivity contribution in [3.63, 3.8) is 0 Å². The Bertz CT molecular complexity index is 366. The summed E-state index contributed by atoms with van der Waals surface area (Å²) in [5.41, 5.74) is 2.02. The molecule has 0 fully saturated rings. The molecule has 0 aromatic heterocycles. The van der Waals surface area contributed by atoms with Crippen LogP contribution in [0.25, 0.3) is 0 Å². The number of aliphatic hydroxyl groups excluding tert-OH is 1. The molecule has 0 saturated carbocycles. The molecule has 0 aromatic carbocycles. The molecule has 19 heavy (non-hydrogen) atoms. The number of carbonyl (C=O) groups is 1. The average molecular weight is 266 g/mol. The summed E-state index contributed by atoms with van der Waals surface area (Å²) in [6.45, 7) is 6.29. The minimum absolute atomic E-state index is 0.208. The van der Waals surface area contributed by atoms with Gasteiger partial charge in [-0.1, -0.05) is 31.6 Å². The van der Waals surface area contributed by atoms with Crippen LogP contribution in [-0.2, 0) is 9.53 Å². The van der Waals surface area contributed by atoms with Crippen molar-refractivity contribution in [2.75, 3.05) is 7.11 Å². The summed E-state index contributed by atoms with van der Waals surface area (Å²) in [7, 11) is 1.42. The summed E-state index contributed by atoms with van der Waals surface area (Å²) >= 11 is 0. The van der Waals surface area contributed by atoms with Gasteiger partial charge in [-0.05, 0) is 44.4 Å². The van der Waals surface area contributed by atoms with E-state index < -0.39 is 0 Å². The Morgan fingerprint density at radius 1 is 1.58 bits per heavy atom. The number of methoxy groups -OCH3 is 1. The largest absolute Gasteiger partial charge is 0.466 e. The molecule has 0 spiro atoms. The Balaban J connectivity index is 2.57. The second-order valence-corrected chi connectivity index (χ2v) is 5.80. The van der Waals surface area contributed by atoms with E-state index in [1.165, 1.54) is 12.7 Å². The summed E-state index contributed by atoms with van der Waals surface area (Å²) < 4.78 is 4.73. The van der Waals surface area contributed by atoms with Gasteiger partial charge in [0, 0.05) is 5.57 Å². The average Bonchev–Trinajstić information content (AvgIpc) is 2.36. The van der Waals surface area contributed by atoms with Crippen LogP contribution < -0.4 is 0 Å². The second kappa shape index (κ2) is 7.49. The fraction of sp³-hybridized carbons (Fsp3) is 0.688. The normalized spacial score (nSPS) is 22.1. The van der Waals surface area contributed by atoms with Gasteiger partial charge in [-0.15, -0.1) is 0 Å². The van der Waals surface area contributed by atoms with Crippen LogP contribution in [0.5, 0.6) is 0 Å². The van der Waals surface area contributed by atoms with Crippen molar-refractivity contribution < 1.29 is 14.6 Å². The van der Waals surface area contributed by atoms with Crippen molar-refractivity contribution in [2.45, 2.75) is 52.6 Å². The highest BCUT2D eigenvalue weighted by atomic mass is 16.5. The van der Waals surface area contributed by atoms with Crippen molar-refractivity contribution in [1.29, 1.82) is 0 Å². The number of hydrogen-bond acceptors (Lipinski definition) is 3. The third-order valence-electron chi connectivity index (χ3n) is 3.67. The monoisotopic (exact) mass is 266 g/mol. The maximum atomic E-state index is 11.4. The van der Waals surface area contributed by atoms with E-state index in [4.69, 9.17) is 4.74 Å². The predicted octanol–water partition coefficient (Wildman–Crippen LogP) is 3.24. The molecule has 0 unspecified atom stereocenters. The zero-order valence-electron chi connectivity index (χ0n) is 12.5. The van der Waals surface area contributed by atoms with Crippen molar-refractivity contribution in [2.24, 2.45) is 11.8 Å². The highest BCUT2D eigenvalue weighted by Crippen LogP contribution is 2.30. The lowest BCUT2D eigenvalue weighted by atomic mass is 9.84. The molecule has 1 aliphatic rings. The van der Waals surface area contributed by atoms with Gasteiger partial charge in [0.2, 0.25) is 0 Å². The van der Waals surface area contributed by atoms with E-state index in [0.717, 1.165) is 31.3 Å². The van der Waals surface area contributed by atoms with Crippen LogP contribution in [0.1, 0.15) is 46.5 Å². The molecule has 0 aliphatic heterocycles. The Hall–Kier alpha value is -1.09. The van der Waals surface area contributed by atoms with E-state index in [-0.39, 0.29) is 12.1 Å². The third-order valence-corrected chi connectivity index (χ3v) is 3.67. The Labute approximate surface area is 116 Å². The smallest absolute Gasteiger partial charge is 0.333 e. The Morgan fingerprint density at radius 2 is 2.26 bits per heavy atom. The molecule has 0 saturated heterocycles. The Kier molecular flexibility index (Phi) is 6.29. The Morgan fingerprint density at radius 3 is 2.74 bits per heavy atom. The number of rotatable bonds is 5. The summed E-state index contributed by atoms with van der Waals surface area (Å²) in [6, 6.07) is 0. The number of aliphatic hydroxyl groups is 1. The molecule has 108 valence electrons. The lowest BCUT2D eigenvalue weighted by Gasteiger charge is -2.22. The third kappa shape index (κ3) is 5.19. The minimum atomic E-state index is -0.356. The van der Waals surface area contributed by atoms with Crippen molar-refractivity contribution in [3.8, 4) is 0 Å². The highest BCUT2D eigenvalue weighted by molar-refractivity contribution is 5.88. The quantitative estimate of drug-likeness (QED) is 0.614. The highest BCUT2D eigenvalue weighted by Gasteiger charge is 2.20. The van der Waals surface area contributed by atoms with Gasteiger partial charge in [-0.2, -0.15) is 0 Å². The zero-order valence-corrected chi connectivity index (χ0v) is 12.5. The van der Waals surface area contributed by atoms with E-state index in [1.807, 2.05) is 12.2 Å². The minimum Gasteiger partial charge on any atom is -0.466 e. The molecular formula is C16H26O3. The van der Waals surface area contributed by atoms with E-state index in [0.29, 0.717) is 11.8 Å². The van der Waals surface area contributed by atoms with Crippen LogP contribution in [0.3, 0.4) is 0 Å². The number of allylic oxidation sites excluding steroid dienone is 2. The SMILES string of the molecule is COC(=O)C1=CC[C@H](/C(C)=C/[C@@H](O)CC(C)C)CC1. The molecule has 0 radical (unpaired) electrons. The molecule has 0 aromatic rings. The summed E-state index contributed by atoms with van der Waals surface area (Å²) in [5, 5.41) is 9.93. The fourth-order valence-corrected chi connectivity index (χ4v) is 2.55. The molecule has 0 bridgehead atoms. The van der Waals surface area contributed by atoms with Crippen molar-refractivity contribution >= 4 is 5.97 Å². The lowest BCUT2D eigenvalue weighted by Crippen LogP contribution is -2.15. The summed E-state index contributed by atoms with van der Waals surface area (Å²) in [4.78, 5) is 11.4. The van der Waals surface area contributed by atoms with Crippen LogP contribution in [0, 0.1) is 11.8 Å². The zero-order chi connectivity index (χ0) is 14.4. The fourth-order valence-electron chi connectivity index (χ4n) is 2.55. The second-order valence-electron chi connectivity index (χ2n) is 5.80. The molecule has 0 amide bonds. The van der Waals surface area contributed by atoms with Gasteiger partial charge < -0.3 is 9.84 Å². The predicted molar refractivity (Wildman–Crippen MR) is 76.7 cm³/mol. The van der Waals surface area contributed by atoms with Crippen LogP contribution >= 0.6 is 0 Å². The van der Waals surface area contributed by atoms with E-state index >= 15 is 0 Å². The maximum Gasteiger partial charge on any atom is 0.333 e. The van der Waals surface area contributed by atoms with Gasteiger partial charge in [0.25, 0.3) is 0 Å². The first-order chi connectivity index (χ1) is 8.93. The molecular weight excluding hydrogens is 240 g/mol. The molecule has 2 atom stereocenters. The lowest BCUT2D eigenvalue weighted by molar-refractivity contribution is -0.136. The first-order valence-electron chi connectivity index (χ1n) is 7.07. The molecule has 3 nitrogen and oxygen atoms in total. The van der Waals surface area contributed by atoms with Gasteiger partial charge in [0.05, 0.1) is 13.2 Å². The standard InChI is InChI=1S/C16H26O3/c1-11(2)9-15(17)10-12(3)13-5-7-14(8-6-13)16(18)19-4/h7,10-11,13,15,17H,5-6,8-9H2,1-4H3/b12-10+/t13-,15-/m0/s1. The molecule has 1 N–H and O–H groups in total. The first kappa shape index (κ1) is 16.0. The van der Waals surface area contributed by atoms with Crippen LogP contribution in [0.4, 0.5) is 0 Å². The molecule has 3 heteroatoms. The number of esters is 1. The van der Waals surface area contributed by atoms with Gasteiger partial charge >= 0.3 is 5.97 Å². The topological polar surface area (TPSA) is 46.5 Å². The number of ether oxygens (including phenoxy) is 1. The maximum absolute atomic E-state index is 11.4. The van der Waals surface area contributed by atoms with Gasteiger partial charge in [0.15, 0.2) is 0 Å². The van der Waals surface area contributed by atoms with Gasteiger partial charge in [-0.3, -0.25) is 0 Å². The number of hydrogen-bond donors (Lipinski definition) is 1. The summed E-state index contributed by atoms with van der Waals surface area (Å²) in [6.07, 6.45) is 6.98. The van der Waals surface area contributed by atoms with Gasteiger partial charge in [0.1, 0.15) is 0 Å². The van der Waals surface area contributed by atoms with Crippen LogP contribution in [0.2, 0.25) is 0 Å². The molecule has 1 rings (SSSR count). The van der Waals surface area contributed by atoms with Crippen LogP contribution in [-0.4, -0.2) is 24.3 Å². The molecule has 1 aliphatic carbocycles. The molecule has 0 heterocycles. The van der Waals surface area contributed by atoms with Crippen LogP contribution in [0.15, 0.2) is 23.3 Å².